The average Bonchev–Trinajstić information content (AvgIpc) is 2.88. The summed E-state index contributed by atoms with van der Waals surface area (Å²) < 4.78 is 5.76. The number of ether oxygens (including phenoxy) is 1. The van der Waals surface area contributed by atoms with Crippen LogP contribution in [-0.2, 0) is 0 Å². The van der Waals surface area contributed by atoms with Crippen molar-refractivity contribution in [1.82, 2.24) is 10.3 Å². The topological polar surface area (TPSA) is 34.2 Å². The molecule has 0 fully saturated rings. The average molecular weight is 290 g/mol. The molecule has 0 spiro atoms. The molecule has 0 aliphatic heterocycles. The van der Waals surface area contributed by atoms with Crippen LogP contribution in [0.2, 0.25) is 0 Å². The van der Waals surface area contributed by atoms with E-state index in [1.807, 2.05) is 26.0 Å². The summed E-state index contributed by atoms with van der Waals surface area (Å²) in [6.07, 6.45) is 1.09. The van der Waals surface area contributed by atoms with Gasteiger partial charge in [-0.15, -0.1) is 11.3 Å². The van der Waals surface area contributed by atoms with Crippen LogP contribution in [0.4, 0.5) is 0 Å². The van der Waals surface area contributed by atoms with E-state index in [0.29, 0.717) is 6.61 Å². The molecule has 0 aliphatic carbocycles. The minimum absolute atomic E-state index is 0.108. The van der Waals surface area contributed by atoms with Gasteiger partial charge in [-0.3, -0.25) is 0 Å². The lowest BCUT2D eigenvalue weighted by atomic mass is 10.1. The second-order valence-corrected chi connectivity index (χ2v) is 5.57. The first kappa shape index (κ1) is 15.0. The van der Waals surface area contributed by atoms with E-state index in [9.17, 15) is 0 Å². The van der Waals surface area contributed by atoms with Gasteiger partial charge in [-0.05, 0) is 32.9 Å². The Hall–Kier alpha value is -1.39. The normalized spacial score (nSPS) is 12.3. The van der Waals surface area contributed by atoms with Crippen molar-refractivity contribution in [2.24, 2.45) is 0 Å². The van der Waals surface area contributed by atoms with Crippen LogP contribution in [-0.4, -0.2) is 18.1 Å². The number of hydrogen-bond donors (Lipinski definition) is 1. The Morgan fingerprint density at radius 3 is 2.75 bits per heavy atom. The number of hydrogen-bond acceptors (Lipinski definition) is 4. The van der Waals surface area contributed by atoms with Crippen LogP contribution in [0.1, 0.15) is 42.6 Å². The van der Waals surface area contributed by atoms with Crippen LogP contribution < -0.4 is 10.1 Å². The third-order valence-corrected chi connectivity index (χ3v) is 4.04. The molecular weight excluding hydrogens is 268 g/mol. The third kappa shape index (κ3) is 3.58. The van der Waals surface area contributed by atoms with Crippen LogP contribution in [0, 0.1) is 6.92 Å². The van der Waals surface area contributed by atoms with Crippen molar-refractivity contribution in [1.29, 1.82) is 0 Å². The summed E-state index contributed by atoms with van der Waals surface area (Å²) in [5.41, 5.74) is 2.24. The minimum atomic E-state index is 0.108. The number of nitrogens with zero attached hydrogens (tertiary/aromatic N) is 1. The number of benzene rings is 1. The Bertz CT molecular complexity index is 539. The first-order chi connectivity index (χ1) is 9.76. The largest absolute Gasteiger partial charge is 0.494 e. The predicted octanol–water partition coefficient (Wildman–Crippen LogP) is 3.94. The van der Waals surface area contributed by atoms with Gasteiger partial charge >= 0.3 is 0 Å². The van der Waals surface area contributed by atoms with Crippen LogP contribution in [0.25, 0.3) is 0 Å². The van der Waals surface area contributed by atoms with E-state index in [1.54, 1.807) is 11.3 Å². The Morgan fingerprint density at radius 1 is 1.30 bits per heavy atom. The van der Waals surface area contributed by atoms with Gasteiger partial charge in [0, 0.05) is 16.6 Å². The number of nitrogens with one attached hydrogen (secondary N) is 1. The first-order valence-corrected chi connectivity index (χ1v) is 8.01. The number of thiazole rings is 1. The molecule has 0 bridgehead atoms. The molecule has 1 aromatic heterocycles. The zero-order valence-corrected chi connectivity index (χ0v) is 13.2. The highest BCUT2D eigenvalue weighted by Crippen LogP contribution is 2.31. The molecule has 108 valence electrons. The Kier molecular flexibility index (Phi) is 5.56. The summed E-state index contributed by atoms with van der Waals surface area (Å²) in [7, 11) is 0. The number of para-hydroxylation sites is 1. The molecule has 0 saturated heterocycles. The molecule has 1 heterocycles. The van der Waals surface area contributed by atoms with Gasteiger partial charge in [-0.25, -0.2) is 4.98 Å². The zero-order valence-electron chi connectivity index (χ0n) is 12.3. The second kappa shape index (κ2) is 7.41. The molecule has 2 rings (SSSR count). The molecule has 1 unspecified atom stereocenters. The van der Waals surface area contributed by atoms with E-state index in [0.717, 1.165) is 35.0 Å². The Morgan fingerprint density at radius 2 is 2.10 bits per heavy atom. The van der Waals surface area contributed by atoms with Crippen molar-refractivity contribution in [3.8, 4) is 5.75 Å². The predicted molar refractivity (Wildman–Crippen MR) is 84.6 cm³/mol. The van der Waals surface area contributed by atoms with Gasteiger partial charge in [0.2, 0.25) is 0 Å². The minimum Gasteiger partial charge on any atom is -0.494 e. The van der Waals surface area contributed by atoms with E-state index >= 15 is 0 Å². The van der Waals surface area contributed by atoms with Gasteiger partial charge < -0.3 is 10.1 Å². The van der Waals surface area contributed by atoms with Crippen molar-refractivity contribution in [2.75, 3.05) is 13.2 Å². The second-order valence-electron chi connectivity index (χ2n) is 4.69. The van der Waals surface area contributed by atoms with Gasteiger partial charge in [-0.2, -0.15) is 0 Å². The quantitative estimate of drug-likeness (QED) is 0.838. The Balaban J connectivity index is 2.35. The van der Waals surface area contributed by atoms with Crippen molar-refractivity contribution in [2.45, 2.75) is 33.2 Å². The fourth-order valence-corrected chi connectivity index (χ4v) is 3.02. The maximum atomic E-state index is 5.76. The lowest BCUT2D eigenvalue weighted by Crippen LogP contribution is -2.23. The number of rotatable bonds is 7. The van der Waals surface area contributed by atoms with Crippen LogP contribution in [0.3, 0.4) is 0 Å². The van der Waals surface area contributed by atoms with Gasteiger partial charge in [0.1, 0.15) is 10.8 Å². The fraction of sp³-hybridized carbons (Fsp3) is 0.438. The third-order valence-electron chi connectivity index (χ3n) is 3.01. The van der Waals surface area contributed by atoms with Gasteiger partial charge in [0.05, 0.1) is 12.6 Å². The molecule has 1 aromatic carbocycles. The van der Waals surface area contributed by atoms with E-state index in [4.69, 9.17) is 4.74 Å². The summed E-state index contributed by atoms with van der Waals surface area (Å²) in [6.45, 7) is 7.86. The highest BCUT2D eigenvalue weighted by atomic mass is 32.1. The van der Waals surface area contributed by atoms with Gasteiger partial charge in [-0.1, -0.05) is 25.1 Å². The molecule has 0 radical (unpaired) electrons. The summed E-state index contributed by atoms with van der Waals surface area (Å²) >= 11 is 1.70. The molecule has 0 aliphatic rings. The SMILES string of the molecule is CCCNC(c1nc(C)cs1)c1ccccc1OCC. The van der Waals surface area contributed by atoms with E-state index in [-0.39, 0.29) is 6.04 Å². The maximum Gasteiger partial charge on any atom is 0.124 e. The molecule has 1 N–H and O–H groups in total. The number of aryl methyl sites for hydroxylation is 1. The molecule has 2 aromatic rings. The molecule has 1 atom stereocenters. The van der Waals surface area contributed by atoms with Crippen LogP contribution >= 0.6 is 11.3 Å². The molecule has 4 heteroatoms. The molecule has 3 nitrogen and oxygen atoms in total. The molecule has 20 heavy (non-hydrogen) atoms. The summed E-state index contributed by atoms with van der Waals surface area (Å²) in [5, 5.41) is 6.78. The molecular formula is C16H22N2OS. The highest BCUT2D eigenvalue weighted by molar-refractivity contribution is 7.09. The summed E-state index contributed by atoms with van der Waals surface area (Å²) in [4.78, 5) is 4.64. The van der Waals surface area contributed by atoms with Crippen molar-refractivity contribution in [3.05, 3.63) is 45.9 Å². The standard InChI is InChI=1S/C16H22N2OS/c1-4-10-17-15(16-18-12(3)11-20-16)13-8-6-7-9-14(13)19-5-2/h6-9,11,15,17H,4-5,10H2,1-3H3. The monoisotopic (exact) mass is 290 g/mol. The lowest BCUT2D eigenvalue weighted by Gasteiger charge is -2.19. The van der Waals surface area contributed by atoms with Gasteiger partial charge in [0.15, 0.2) is 0 Å². The highest BCUT2D eigenvalue weighted by Gasteiger charge is 2.20. The van der Waals surface area contributed by atoms with Crippen molar-refractivity contribution >= 4 is 11.3 Å². The maximum absolute atomic E-state index is 5.76. The lowest BCUT2D eigenvalue weighted by molar-refractivity contribution is 0.333. The van der Waals surface area contributed by atoms with E-state index in [1.165, 1.54) is 0 Å². The zero-order chi connectivity index (χ0) is 14.4. The first-order valence-electron chi connectivity index (χ1n) is 7.13. The van der Waals surface area contributed by atoms with Crippen LogP contribution in [0.15, 0.2) is 29.6 Å². The van der Waals surface area contributed by atoms with E-state index < -0.39 is 0 Å². The van der Waals surface area contributed by atoms with E-state index in [2.05, 4.69) is 34.7 Å². The molecule has 0 saturated carbocycles. The fourth-order valence-electron chi connectivity index (χ4n) is 2.13. The van der Waals surface area contributed by atoms with Crippen molar-refractivity contribution < 1.29 is 4.74 Å². The Labute approximate surface area is 125 Å². The smallest absolute Gasteiger partial charge is 0.124 e. The van der Waals surface area contributed by atoms with Gasteiger partial charge in [0.25, 0.3) is 0 Å². The van der Waals surface area contributed by atoms with Crippen molar-refractivity contribution in [3.63, 3.8) is 0 Å². The number of aromatic nitrogens is 1. The summed E-state index contributed by atoms with van der Waals surface area (Å²) in [5.74, 6) is 0.941. The summed E-state index contributed by atoms with van der Waals surface area (Å²) in [6, 6.07) is 8.32. The van der Waals surface area contributed by atoms with Crippen LogP contribution in [0.5, 0.6) is 5.75 Å². The molecule has 0 amide bonds.